The van der Waals surface area contributed by atoms with Crippen LogP contribution < -0.4 is 0 Å². The SMILES string of the molecule is CCCN(CC1CC1)C1(C(=O)O)CCCC1. The van der Waals surface area contributed by atoms with Crippen LogP contribution in [0.1, 0.15) is 51.9 Å². The zero-order valence-corrected chi connectivity index (χ0v) is 10.2. The average Bonchev–Trinajstić information content (AvgIpc) is 2.93. The van der Waals surface area contributed by atoms with Crippen LogP contribution in [0.5, 0.6) is 0 Å². The maximum atomic E-state index is 11.6. The molecule has 0 bridgehead atoms. The van der Waals surface area contributed by atoms with Crippen molar-refractivity contribution in [3.63, 3.8) is 0 Å². The van der Waals surface area contributed by atoms with Crippen LogP contribution in [-0.4, -0.2) is 34.6 Å². The summed E-state index contributed by atoms with van der Waals surface area (Å²) in [5.41, 5.74) is -0.515. The fourth-order valence-corrected chi connectivity index (χ4v) is 2.99. The lowest BCUT2D eigenvalue weighted by molar-refractivity contribution is -0.151. The van der Waals surface area contributed by atoms with Crippen molar-refractivity contribution in [2.45, 2.75) is 57.4 Å². The summed E-state index contributed by atoms with van der Waals surface area (Å²) in [7, 11) is 0. The van der Waals surface area contributed by atoms with Gasteiger partial charge in [-0.05, 0) is 44.6 Å². The summed E-state index contributed by atoms with van der Waals surface area (Å²) in [5.74, 6) is 0.197. The van der Waals surface area contributed by atoms with Crippen LogP contribution in [0.3, 0.4) is 0 Å². The highest BCUT2D eigenvalue weighted by Crippen LogP contribution is 2.39. The fourth-order valence-electron chi connectivity index (χ4n) is 2.99. The predicted octanol–water partition coefficient (Wildman–Crippen LogP) is 2.51. The van der Waals surface area contributed by atoms with Gasteiger partial charge in [0.15, 0.2) is 0 Å². The maximum absolute atomic E-state index is 11.6. The Hall–Kier alpha value is -0.570. The van der Waals surface area contributed by atoms with Crippen molar-refractivity contribution >= 4 is 5.97 Å². The molecule has 0 radical (unpaired) electrons. The molecule has 0 aliphatic heterocycles. The molecule has 0 aromatic carbocycles. The zero-order valence-electron chi connectivity index (χ0n) is 10.2. The van der Waals surface area contributed by atoms with Crippen molar-refractivity contribution in [3.8, 4) is 0 Å². The summed E-state index contributed by atoms with van der Waals surface area (Å²) in [6, 6.07) is 0. The summed E-state index contributed by atoms with van der Waals surface area (Å²) in [6.45, 7) is 4.10. The first-order chi connectivity index (χ1) is 7.69. The van der Waals surface area contributed by atoms with Gasteiger partial charge in [-0.2, -0.15) is 0 Å². The lowest BCUT2D eigenvalue weighted by Crippen LogP contribution is -2.53. The minimum atomic E-state index is -0.584. The summed E-state index contributed by atoms with van der Waals surface area (Å²) in [4.78, 5) is 13.9. The van der Waals surface area contributed by atoms with Gasteiger partial charge in [-0.15, -0.1) is 0 Å². The third kappa shape index (κ3) is 2.24. The van der Waals surface area contributed by atoms with Crippen LogP contribution in [0, 0.1) is 5.92 Å². The highest BCUT2D eigenvalue weighted by molar-refractivity contribution is 5.79. The molecular formula is C13H23NO2. The number of hydrogen-bond donors (Lipinski definition) is 1. The van der Waals surface area contributed by atoms with Gasteiger partial charge in [0.1, 0.15) is 5.54 Å². The topological polar surface area (TPSA) is 40.5 Å². The van der Waals surface area contributed by atoms with Gasteiger partial charge in [-0.1, -0.05) is 19.8 Å². The van der Waals surface area contributed by atoms with Crippen LogP contribution >= 0.6 is 0 Å². The first kappa shape index (κ1) is 11.9. The van der Waals surface area contributed by atoms with Gasteiger partial charge in [0.2, 0.25) is 0 Å². The van der Waals surface area contributed by atoms with Crippen molar-refractivity contribution in [1.82, 2.24) is 4.90 Å². The monoisotopic (exact) mass is 225 g/mol. The second-order valence-corrected chi connectivity index (χ2v) is 5.43. The molecule has 16 heavy (non-hydrogen) atoms. The van der Waals surface area contributed by atoms with E-state index in [4.69, 9.17) is 0 Å². The third-order valence-electron chi connectivity index (χ3n) is 4.10. The quantitative estimate of drug-likeness (QED) is 0.755. The second kappa shape index (κ2) is 4.74. The van der Waals surface area contributed by atoms with E-state index in [2.05, 4.69) is 11.8 Å². The molecule has 2 saturated carbocycles. The maximum Gasteiger partial charge on any atom is 0.324 e. The van der Waals surface area contributed by atoms with Gasteiger partial charge in [0.05, 0.1) is 0 Å². The number of aliphatic carboxylic acids is 1. The minimum absolute atomic E-state index is 0.515. The number of carbonyl (C=O) groups is 1. The van der Waals surface area contributed by atoms with Gasteiger partial charge in [-0.3, -0.25) is 9.69 Å². The molecule has 0 amide bonds. The number of carboxylic acids is 1. The van der Waals surface area contributed by atoms with E-state index in [1.807, 2.05) is 0 Å². The van der Waals surface area contributed by atoms with Crippen molar-refractivity contribution < 1.29 is 9.90 Å². The Balaban J connectivity index is 2.09. The van der Waals surface area contributed by atoms with E-state index in [-0.39, 0.29) is 0 Å². The van der Waals surface area contributed by atoms with Crippen LogP contribution in [0.25, 0.3) is 0 Å². The van der Waals surface area contributed by atoms with Gasteiger partial charge in [-0.25, -0.2) is 0 Å². The molecule has 3 heteroatoms. The minimum Gasteiger partial charge on any atom is -0.480 e. The van der Waals surface area contributed by atoms with E-state index in [0.29, 0.717) is 0 Å². The molecule has 0 spiro atoms. The molecule has 0 aromatic heterocycles. The second-order valence-electron chi connectivity index (χ2n) is 5.43. The highest BCUT2D eigenvalue weighted by atomic mass is 16.4. The average molecular weight is 225 g/mol. The van der Waals surface area contributed by atoms with Crippen molar-refractivity contribution in [1.29, 1.82) is 0 Å². The van der Waals surface area contributed by atoms with E-state index in [9.17, 15) is 9.90 Å². The first-order valence-electron chi connectivity index (χ1n) is 6.67. The standard InChI is InChI=1S/C13H23NO2/c1-2-9-14(10-11-5-6-11)13(12(15)16)7-3-4-8-13/h11H,2-10H2,1H3,(H,15,16). The van der Waals surface area contributed by atoms with Crippen LogP contribution in [0.2, 0.25) is 0 Å². The molecule has 2 fully saturated rings. The fraction of sp³-hybridized carbons (Fsp3) is 0.923. The molecule has 0 saturated heterocycles. The molecule has 2 aliphatic carbocycles. The Labute approximate surface area is 97.8 Å². The van der Waals surface area contributed by atoms with E-state index in [0.717, 1.165) is 51.1 Å². The smallest absolute Gasteiger partial charge is 0.324 e. The van der Waals surface area contributed by atoms with Gasteiger partial charge in [0.25, 0.3) is 0 Å². The van der Waals surface area contributed by atoms with E-state index >= 15 is 0 Å². The Bertz CT molecular complexity index is 255. The summed E-state index contributed by atoms with van der Waals surface area (Å²) >= 11 is 0. The Morgan fingerprint density at radius 3 is 2.44 bits per heavy atom. The molecule has 0 unspecified atom stereocenters. The summed E-state index contributed by atoms with van der Waals surface area (Å²) in [6.07, 6.45) is 7.53. The Morgan fingerprint density at radius 2 is 2.00 bits per heavy atom. The summed E-state index contributed by atoms with van der Waals surface area (Å²) < 4.78 is 0. The molecule has 92 valence electrons. The molecule has 3 nitrogen and oxygen atoms in total. The van der Waals surface area contributed by atoms with Gasteiger partial charge >= 0.3 is 5.97 Å². The van der Waals surface area contributed by atoms with E-state index < -0.39 is 11.5 Å². The first-order valence-corrected chi connectivity index (χ1v) is 6.67. The van der Waals surface area contributed by atoms with Crippen LogP contribution in [-0.2, 0) is 4.79 Å². The molecular weight excluding hydrogens is 202 g/mol. The molecule has 0 atom stereocenters. The Kier molecular flexibility index (Phi) is 3.53. The number of rotatable bonds is 6. The van der Waals surface area contributed by atoms with Crippen molar-refractivity contribution in [3.05, 3.63) is 0 Å². The zero-order chi connectivity index (χ0) is 11.6. The third-order valence-corrected chi connectivity index (χ3v) is 4.10. The molecule has 2 rings (SSSR count). The van der Waals surface area contributed by atoms with Crippen molar-refractivity contribution in [2.24, 2.45) is 5.92 Å². The van der Waals surface area contributed by atoms with Gasteiger partial charge < -0.3 is 5.11 Å². The molecule has 0 aromatic rings. The number of carboxylic acid groups (broad SMARTS) is 1. The van der Waals surface area contributed by atoms with E-state index in [1.165, 1.54) is 12.8 Å². The largest absolute Gasteiger partial charge is 0.480 e. The molecule has 2 aliphatic rings. The Morgan fingerprint density at radius 1 is 1.38 bits per heavy atom. The number of nitrogens with zero attached hydrogens (tertiary/aromatic N) is 1. The van der Waals surface area contributed by atoms with Crippen LogP contribution in [0.4, 0.5) is 0 Å². The molecule has 0 heterocycles. The van der Waals surface area contributed by atoms with Crippen molar-refractivity contribution in [2.75, 3.05) is 13.1 Å². The number of hydrogen-bond acceptors (Lipinski definition) is 2. The lowest BCUT2D eigenvalue weighted by Gasteiger charge is -2.38. The molecule has 1 N–H and O–H groups in total. The van der Waals surface area contributed by atoms with E-state index in [1.54, 1.807) is 0 Å². The summed E-state index contributed by atoms with van der Waals surface area (Å²) in [5, 5.41) is 9.55. The van der Waals surface area contributed by atoms with Crippen LogP contribution in [0.15, 0.2) is 0 Å². The highest BCUT2D eigenvalue weighted by Gasteiger charge is 2.47. The lowest BCUT2D eigenvalue weighted by atomic mass is 9.94. The predicted molar refractivity (Wildman–Crippen MR) is 63.4 cm³/mol. The normalized spacial score (nSPS) is 23.9. The van der Waals surface area contributed by atoms with Gasteiger partial charge in [0, 0.05) is 6.54 Å².